The van der Waals surface area contributed by atoms with Gasteiger partial charge >= 0.3 is 0 Å². The van der Waals surface area contributed by atoms with Gasteiger partial charge in [0.05, 0.1) is 0 Å². The minimum Gasteiger partial charge on any atom is -0.307 e. The van der Waals surface area contributed by atoms with Gasteiger partial charge in [-0.15, -0.1) is 6.58 Å². The zero-order chi connectivity index (χ0) is 10.6. The van der Waals surface area contributed by atoms with Crippen LogP contribution in [-0.4, -0.2) is 6.54 Å². The first-order chi connectivity index (χ1) is 6.65. The molecule has 0 aromatic heterocycles. The van der Waals surface area contributed by atoms with Crippen LogP contribution in [0.2, 0.25) is 0 Å². The van der Waals surface area contributed by atoms with Crippen LogP contribution >= 0.6 is 0 Å². The number of halogens is 2. The molecule has 0 amide bonds. The largest absolute Gasteiger partial charge is 0.307 e. The van der Waals surface area contributed by atoms with E-state index in [2.05, 4.69) is 11.9 Å². The van der Waals surface area contributed by atoms with Crippen molar-refractivity contribution in [2.24, 2.45) is 0 Å². The van der Waals surface area contributed by atoms with Gasteiger partial charge in [0.2, 0.25) is 0 Å². The molecule has 1 aromatic rings. The second-order valence-corrected chi connectivity index (χ2v) is 3.09. The summed E-state index contributed by atoms with van der Waals surface area (Å²) in [6.45, 7) is 6.09. The van der Waals surface area contributed by atoms with E-state index in [9.17, 15) is 8.78 Å². The van der Waals surface area contributed by atoms with Crippen LogP contribution in [0.3, 0.4) is 0 Å². The van der Waals surface area contributed by atoms with Gasteiger partial charge in [0, 0.05) is 12.6 Å². The fourth-order valence-corrected chi connectivity index (χ4v) is 1.16. The van der Waals surface area contributed by atoms with Gasteiger partial charge in [0.15, 0.2) is 11.6 Å². The summed E-state index contributed by atoms with van der Waals surface area (Å²) in [5, 5.41) is 3.09. The predicted octanol–water partition coefficient (Wildman–Crippen LogP) is 2.80. The number of rotatable bonds is 4. The number of hydrogen-bond donors (Lipinski definition) is 1. The normalized spacial score (nSPS) is 12.5. The molecule has 14 heavy (non-hydrogen) atoms. The maximum absolute atomic E-state index is 12.8. The van der Waals surface area contributed by atoms with Crippen molar-refractivity contribution in [2.45, 2.75) is 13.0 Å². The average molecular weight is 197 g/mol. The zero-order valence-corrected chi connectivity index (χ0v) is 8.06. The van der Waals surface area contributed by atoms with Gasteiger partial charge < -0.3 is 5.32 Å². The van der Waals surface area contributed by atoms with Gasteiger partial charge in [-0.25, -0.2) is 8.78 Å². The van der Waals surface area contributed by atoms with Crippen LogP contribution in [-0.2, 0) is 0 Å². The first kappa shape index (κ1) is 10.9. The molecule has 0 radical (unpaired) electrons. The van der Waals surface area contributed by atoms with E-state index in [4.69, 9.17) is 0 Å². The molecule has 1 atom stereocenters. The Kier molecular flexibility index (Phi) is 3.77. The van der Waals surface area contributed by atoms with Gasteiger partial charge in [0.1, 0.15) is 0 Å². The molecule has 1 nitrogen and oxygen atoms in total. The summed E-state index contributed by atoms with van der Waals surface area (Å²) < 4.78 is 25.4. The summed E-state index contributed by atoms with van der Waals surface area (Å²) in [5.41, 5.74) is 0.728. The van der Waals surface area contributed by atoms with Gasteiger partial charge in [-0.1, -0.05) is 12.1 Å². The van der Waals surface area contributed by atoms with E-state index in [0.29, 0.717) is 6.54 Å². The SMILES string of the molecule is C=CCN[C@H](C)c1ccc(F)c(F)c1. The van der Waals surface area contributed by atoms with Crippen molar-refractivity contribution < 1.29 is 8.78 Å². The number of benzene rings is 1. The van der Waals surface area contributed by atoms with E-state index in [1.165, 1.54) is 6.07 Å². The fourth-order valence-electron chi connectivity index (χ4n) is 1.16. The molecule has 1 rings (SSSR count). The van der Waals surface area contributed by atoms with Gasteiger partial charge in [-0.2, -0.15) is 0 Å². The third-order valence-corrected chi connectivity index (χ3v) is 2.01. The molecule has 0 aliphatic heterocycles. The third-order valence-electron chi connectivity index (χ3n) is 2.01. The summed E-state index contributed by atoms with van der Waals surface area (Å²) in [6.07, 6.45) is 1.72. The first-order valence-electron chi connectivity index (χ1n) is 4.44. The summed E-state index contributed by atoms with van der Waals surface area (Å²) in [5.74, 6) is -1.63. The van der Waals surface area contributed by atoms with Crippen molar-refractivity contribution in [3.05, 3.63) is 48.1 Å². The molecule has 0 spiro atoms. The van der Waals surface area contributed by atoms with Gasteiger partial charge in [-0.3, -0.25) is 0 Å². The van der Waals surface area contributed by atoms with E-state index < -0.39 is 11.6 Å². The lowest BCUT2D eigenvalue weighted by atomic mass is 10.1. The van der Waals surface area contributed by atoms with Crippen LogP contribution in [0.5, 0.6) is 0 Å². The second kappa shape index (κ2) is 4.86. The van der Waals surface area contributed by atoms with Crippen molar-refractivity contribution in [1.82, 2.24) is 5.32 Å². The summed E-state index contributed by atoms with van der Waals surface area (Å²) in [7, 11) is 0. The van der Waals surface area contributed by atoms with Crippen LogP contribution in [0.4, 0.5) is 8.78 Å². The molecule has 0 aliphatic carbocycles. The summed E-state index contributed by atoms with van der Waals surface area (Å²) >= 11 is 0. The van der Waals surface area contributed by atoms with Gasteiger partial charge in [0.25, 0.3) is 0 Å². The molecule has 0 saturated carbocycles. The van der Waals surface area contributed by atoms with Crippen molar-refractivity contribution >= 4 is 0 Å². The highest BCUT2D eigenvalue weighted by molar-refractivity contribution is 5.20. The van der Waals surface area contributed by atoms with Crippen LogP contribution in [0.15, 0.2) is 30.9 Å². The maximum Gasteiger partial charge on any atom is 0.159 e. The Morgan fingerprint density at radius 1 is 1.43 bits per heavy atom. The molecule has 3 heteroatoms. The van der Waals surface area contributed by atoms with E-state index >= 15 is 0 Å². The molecule has 1 aromatic carbocycles. The van der Waals surface area contributed by atoms with E-state index in [1.54, 1.807) is 12.1 Å². The third kappa shape index (κ3) is 2.64. The highest BCUT2D eigenvalue weighted by Crippen LogP contribution is 2.15. The highest BCUT2D eigenvalue weighted by atomic mass is 19.2. The van der Waals surface area contributed by atoms with Crippen LogP contribution in [0, 0.1) is 11.6 Å². The maximum atomic E-state index is 12.8. The molecule has 0 fully saturated rings. The summed E-state index contributed by atoms with van der Waals surface area (Å²) in [6, 6.07) is 3.90. The van der Waals surface area contributed by atoms with Crippen LogP contribution in [0.1, 0.15) is 18.5 Å². The van der Waals surface area contributed by atoms with Crippen molar-refractivity contribution in [2.75, 3.05) is 6.54 Å². The monoisotopic (exact) mass is 197 g/mol. The molecular weight excluding hydrogens is 184 g/mol. The van der Waals surface area contributed by atoms with E-state index in [-0.39, 0.29) is 6.04 Å². The molecule has 76 valence electrons. The zero-order valence-electron chi connectivity index (χ0n) is 8.06. The number of nitrogens with one attached hydrogen (secondary N) is 1. The van der Waals surface area contributed by atoms with Crippen molar-refractivity contribution in [1.29, 1.82) is 0 Å². The Bertz CT molecular complexity index is 323. The standard InChI is InChI=1S/C11H13F2N/c1-3-6-14-8(2)9-4-5-10(12)11(13)7-9/h3-5,7-8,14H,1,6H2,2H3/t8-/m1/s1. The molecule has 1 N–H and O–H groups in total. The predicted molar refractivity (Wildman–Crippen MR) is 53.0 cm³/mol. The van der Waals surface area contributed by atoms with E-state index in [0.717, 1.165) is 11.6 Å². The quantitative estimate of drug-likeness (QED) is 0.732. The second-order valence-electron chi connectivity index (χ2n) is 3.09. The van der Waals surface area contributed by atoms with Crippen molar-refractivity contribution in [3.8, 4) is 0 Å². The molecular formula is C11H13F2N. The Hall–Kier alpha value is -1.22. The Balaban J connectivity index is 2.75. The minimum atomic E-state index is -0.815. The topological polar surface area (TPSA) is 12.0 Å². The molecule has 0 bridgehead atoms. The molecule has 0 heterocycles. The lowest BCUT2D eigenvalue weighted by molar-refractivity contribution is 0.503. The molecule has 0 aliphatic rings. The Labute approximate surface area is 82.4 Å². The fraction of sp³-hybridized carbons (Fsp3) is 0.273. The molecule has 0 unspecified atom stereocenters. The van der Waals surface area contributed by atoms with Crippen LogP contribution < -0.4 is 5.32 Å². The number of hydrogen-bond acceptors (Lipinski definition) is 1. The lowest BCUT2D eigenvalue weighted by Crippen LogP contribution is -2.18. The first-order valence-corrected chi connectivity index (χ1v) is 4.44. The van der Waals surface area contributed by atoms with Gasteiger partial charge in [-0.05, 0) is 24.6 Å². The lowest BCUT2D eigenvalue weighted by Gasteiger charge is -2.12. The smallest absolute Gasteiger partial charge is 0.159 e. The highest BCUT2D eigenvalue weighted by Gasteiger charge is 2.07. The average Bonchev–Trinajstić information content (AvgIpc) is 2.18. The summed E-state index contributed by atoms with van der Waals surface area (Å²) in [4.78, 5) is 0. The minimum absolute atomic E-state index is 0.0110. The van der Waals surface area contributed by atoms with E-state index in [1.807, 2.05) is 6.92 Å². The Morgan fingerprint density at radius 3 is 2.71 bits per heavy atom. The Morgan fingerprint density at radius 2 is 2.14 bits per heavy atom. The molecule has 0 saturated heterocycles. The van der Waals surface area contributed by atoms with Crippen molar-refractivity contribution in [3.63, 3.8) is 0 Å². The van der Waals surface area contributed by atoms with Crippen LogP contribution in [0.25, 0.3) is 0 Å².